The van der Waals surface area contributed by atoms with E-state index in [9.17, 15) is 0 Å². The van der Waals surface area contributed by atoms with Crippen molar-refractivity contribution in [2.24, 2.45) is 12.5 Å². The van der Waals surface area contributed by atoms with Crippen LogP contribution in [0.2, 0.25) is 0 Å². The van der Waals surface area contributed by atoms with Gasteiger partial charge in [0.2, 0.25) is 0 Å². The lowest BCUT2D eigenvalue weighted by Crippen LogP contribution is -2.21. The summed E-state index contributed by atoms with van der Waals surface area (Å²) in [4.78, 5) is 0.556. The molecule has 1 aromatic heterocycles. The van der Waals surface area contributed by atoms with E-state index in [1.165, 1.54) is 11.4 Å². The number of hydrogen-bond acceptors (Lipinski definition) is 1. The van der Waals surface area contributed by atoms with Crippen LogP contribution in [0.1, 0.15) is 45.5 Å². The first-order valence-electron chi connectivity index (χ1n) is 6.00. The summed E-state index contributed by atoms with van der Waals surface area (Å²) in [5, 5.41) is 4.47. The van der Waals surface area contributed by atoms with Gasteiger partial charge in [0, 0.05) is 17.6 Å². The second kappa shape index (κ2) is 5.35. The molecule has 2 nitrogen and oxygen atoms in total. The van der Waals surface area contributed by atoms with Gasteiger partial charge in [0.15, 0.2) is 0 Å². The normalized spacial score (nSPS) is 14.1. The van der Waals surface area contributed by atoms with Crippen molar-refractivity contribution >= 4 is 15.9 Å². The molecule has 1 aromatic rings. The van der Waals surface area contributed by atoms with Gasteiger partial charge >= 0.3 is 0 Å². The third-order valence-corrected chi connectivity index (χ3v) is 4.81. The van der Waals surface area contributed by atoms with Gasteiger partial charge in [-0.05, 0) is 30.7 Å². The van der Waals surface area contributed by atoms with E-state index in [-0.39, 0.29) is 0 Å². The summed E-state index contributed by atoms with van der Waals surface area (Å²) >= 11 is 3.77. The number of aryl methyl sites for hydroxylation is 3. The van der Waals surface area contributed by atoms with Gasteiger partial charge in [-0.1, -0.05) is 43.6 Å². The zero-order chi connectivity index (χ0) is 12.3. The van der Waals surface area contributed by atoms with Crippen molar-refractivity contribution in [2.75, 3.05) is 0 Å². The lowest BCUT2D eigenvalue weighted by atomic mass is 9.89. The van der Waals surface area contributed by atoms with Crippen LogP contribution in [0.25, 0.3) is 0 Å². The van der Waals surface area contributed by atoms with Gasteiger partial charge in [-0.25, -0.2) is 0 Å². The number of alkyl halides is 1. The van der Waals surface area contributed by atoms with Gasteiger partial charge in [0.25, 0.3) is 0 Å². The molecule has 0 aliphatic carbocycles. The van der Waals surface area contributed by atoms with Crippen LogP contribution >= 0.6 is 15.9 Å². The summed E-state index contributed by atoms with van der Waals surface area (Å²) < 4.78 is 2.02. The molecule has 0 N–H and O–H groups in total. The van der Waals surface area contributed by atoms with Crippen LogP contribution in [0.4, 0.5) is 0 Å². The van der Waals surface area contributed by atoms with Crippen molar-refractivity contribution in [1.29, 1.82) is 0 Å². The van der Waals surface area contributed by atoms with Crippen molar-refractivity contribution in [3.8, 4) is 0 Å². The van der Waals surface area contributed by atoms with Crippen molar-refractivity contribution in [1.82, 2.24) is 9.78 Å². The van der Waals surface area contributed by atoms with Gasteiger partial charge in [-0.15, -0.1) is 0 Å². The maximum atomic E-state index is 4.47. The van der Waals surface area contributed by atoms with Crippen LogP contribution in [-0.2, 0) is 19.9 Å². The molecule has 1 unspecified atom stereocenters. The minimum atomic E-state index is 0.326. The van der Waals surface area contributed by atoms with E-state index in [4.69, 9.17) is 0 Å². The molecule has 92 valence electrons. The minimum Gasteiger partial charge on any atom is -0.272 e. The molecule has 1 heterocycles. The van der Waals surface area contributed by atoms with Crippen molar-refractivity contribution < 1.29 is 0 Å². The highest BCUT2D eigenvalue weighted by Gasteiger charge is 2.21. The Morgan fingerprint density at radius 3 is 2.50 bits per heavy atom. The van der Waals surface area contributed by atoms with Gasteiger partial charge in [0.05, 0.1) is 5.69 Å². The first-order valence-corrected chi connectivity index (χ1v) is 6.92. The quantitative estimate of drug-likeness (QED) is 0.772. The monoisotopic (exact) mass is 286 g/mol. The fourth-order valence-corrected chi connectivity index (χ4v) is 1.91. The van der Waals surface area contributed by atoms with E-state index in [1.54, 1.807) is 0 Å². The third kappa shape index (κ3) is 3.62. The molecule has 0 saturated carbocycles. The molecule has 0 bridgehead atoms. The molecule has 0 aromatic carbocycles. The molecule has 1 rings (SSSR count). The van der Waals surface area contributed by atoms with Gasteiger partial charge in [0.1, 0.15) is 0 Å². The summed E-state index contributed by atoms with van der Waals surface area (Å²) in [6.45, 7) is 8.96. The zero-order valence-corrected chi connectivity index (χ0v) is 12.6. The van der Waals surface area contributed by atoms with Crippen LogP contribution < -0.4 is 0 Å². The maximum Gasteiger partial charge on any atom is 0.0624 e. The summed E-state index contributed by atoms with van der Waals surface area (Å²) in [6, 6.07) is 2.22. The predicted octanol–water partition coefficient (Wildman–Crippen LogP) is 3.72. The molecule has 0 fully saturated rings. The Hall–Kier alpha value is -0.310. The Balaban J connectivity index is 2.57. The van der Waals surface area contributed by atoms with E-state index in [1.807, 2.05) is 11.7 Å². The lowest BCUT2D eigenvalue weighted by Gasteiger charge is -2.25. The predicted molar refractivity (Wildman–Crippen MR) is 73.1 cm³/mol. The SMILES string of the molecule is CCc1cc(CCC(Br)C(C)(C)C)n(C)n1. The van der Waals surface area contributed by atoms with Crippen LogP contribution in [0.5, 0.6) is 0 Å². The fourth-order valence-electron chi connectivity index (χ4n) is 1.69. The summed E-state index contributed by atoms with van der Waals surface area (Å²) in [5.41, 5.74) is 2.86. The van der Waals surface area contributed by atoms with E-state index >= 15 is 0 Å². The third-order valence-electron chi connectivity index (χ3n) is 2.98. The molecular weight excluding hydrogens is 264 g/mol. The summed E-state index contributed by atoms with van der Waals surface area (Å²) in [7, 11) is 2.04. The van der Waals surface area contributed by atoms with Crippen molar-refractivity contribution in [3.63, 3.8) is 0 Å². The molecule has 0 aliphatic heterocycles. The molecular formula is C13H23BrN2. The van der Waals surface area contributed by atoms with Gasteiger partial charge in [-0.2, -0.15) is 5.10 Å². The topological polar surface area (TPSA) is 17.8 Å². The zero-order valence-electron chi connectivity index (χ0n) is 11.0. The minimum absolute atomic E-state index is 0.326. The first-order chi connectivity index (χ1) is 7.34. The highest BCUT2D eigenvalue weighted by Crippen LogP contribution is 2.29. The second-order valence-corrected chi connectivity index (χ2v) is 6.58. The highest BCUT2D eigenvalue weighted by atomic mass is 79.9. The fraction of sp³-hybridized carbons (Fsp3) is 0.769. The highest BCUT2D eigenvalue weighted by molar-refractivity contribution is 9.09. The summed E-state index contributed by atoms with van der Waals surface area (Å²) in [6.07, 6.45) is 3.27. The molecule has 0 radical (unpaired) electrons. The summed E-state index contributed by atoms with van der Waals surface area (Å²) in [5.74, 6) is 0. The van der Waals surface area contributed by atoms with Crippen LogP contribution in [-0.4, -0.2) is 14.6 Å². The molecule has 1 atom stereocenters. The van der Waals surface area contributed by atoms with E-state index < -0.39 is 0 Å². The molecule has 0 saturated heterocycles. The Kier molecular flexibility index (Phi) is 4.60. The van der Waals surface area contributed by atoms with Crippen LogP contribution in [0.15, 0.2) is 6.07 Å². The number of aromatic nitrogens is 2. The number of nitrogens with zero attached hydrogens (tertiary/aromatic N) is 2. The molecule has 16 heavy (non-hydrogen) atoms. The lowest BCUT2D eigenvalue weighted by molar-refractivity contribution is 0.384. The van der Waals surface area contributed by atoms with E-state index in [2.05, 4.69) is 54.8 Å². The Morgan fingerprint density at radius 1 is 1.44 bits per heavy atom. The Morgan fingerprint density at radius 2 is 2.06 bits per heavy atom. The number of hydrogen-bond donors (Lipinski definition) is 0. The van der Waals surface area contributed by atoms with Gasteiger partial charge in [-0.3, -0.25) is 4.68 Å². The largest absolute Gasteiger partial charge is 0.272 e. The molecule has 0 spiro atoms. The smallest absolute Gasteiger partial charge is 0.0624 e. The Labute approximate surface area is 108 Å². The molecule has 0 amide bonds. The maximum absolute atomic E-state index is 4.47. The van der Waals surface area contributed by atoms with Gasteiger partial charge < -0.3 is 0 Å². The molecule has 3 heteroatoms. The van der Waals surface area contributed by atoms with Crippen LogP contribution in [0.3, 0.4) is 0 Å². The standard InChI is InChI=1S/C13H23BrN2/c1-6-10-9-11(16(5)15-10)7-8-12(14)13(2,3)4/h9,12H,6-8H2,1-5H3. The van der Waals surface area contributed by atoms with Crippen LogP contribution in [0, 0.1) is 5.41 Å². The van der Waals surface area contributed by atoms with E-state index in [0.29, 0.717) is 10.2 Å². The van der Waals surface area contributed by atoms with Crippen molar-refractivity contribution in [3.05, 3.63) is 17.5 Å². The molecule has 0 aliphatic rings. The van der Waals surface area contributed by atoms with Crippen molar-refractivity contribution in [2.45, 2.75) is 51.8 Å². The first kappa shape index (κ1) is 13.8. The number of halogens is 1. The number of rotatable bonds is 4. The average molecular weight is 287 g/mol. The Bertz CT molecular complexity index is 336. The average Bonchev–Trinajstić information content (AvgIpc) is 2.54. The second-order valence-electron chi connectivity index (χ2n) is 5.48. The van der Waals surface area contributed by atoms with E-state index in [0.717, 1.165) is 19.3 Å².